The molecule has 11 heteroatoms. The van der Waals surface area contributed by atoms with Crippen molar-refractivity contribution >= 4 is 22.8 Å². The summed E-state index contributed by atoms with van der Waals surface area (Å²) in [6.07, 6.45) is 7.60. The van der Waals surface area contributed by atoms with Gasteiger partial charge in [0.05, 0.1) is 18.0 Å². The molecule has 4 aliphatic rings. The number of carbonyl (C=O) groups excluding carboxylic acids is 1. The summed E-state index contributed by atoms with van der Waals surface area (Å²) in [6, 6.07) is 0.257. The highest BCUT2D eigenvalue weighted by atomic mass is 16.5. The van der Waals surface area contributed by atoms with Gasteiger partial charge in [0.2, 0.25) is 0 Å². The van der Waals surface area contributed by atoms with Crippen LogP contribution in [0.15, 0.2) is 0 Å². The number of hydrogen-bond acceptors (Lipinski definition) is 8. The van der Waals surface area contributed by atoms with Crippen molar-refractivity contribution in [2.45, 2.75) is 91.0 Å². The van der Waals surface area contributed by atoms with Gasteiger partial charge in [0.15, 0.2) is 5.82 Å². The molecule has 2 bridgehead atoms. The van der Waals surface area contributed by atoms with Crippen LogP contribution in [-0.2, 0) is 36.1 Å². The van der Waals surface area contributed by atoms with E-state index in [1.54, 1.807) is 0 Å². The van der Waals surface area contributed by atoms with Crippen molar-refractivity contribution in [1.82, 2.24) is 40.2 Å². The first-order chi connectivity index (χ1) is 19.8. The number of amides is 1. The van der Waals surface area contributed by atoms with Crippen molar-refractivity contribution in [3.63, 3.8) is 0 Å². The maximum Gasteiger partial charge on any atom is 0.250 e. The first kappa shape index (κ1) is 26.8. The molecule has 2 aliphatic heterocycles. The molecule has 1 amide bonds. The first-order valence-electron chi connectivity index (χ1n) is 15.4. The number of fused-ring (bicyclic) bond motifs is 4. The molecule has 2 N–H and O–H groups in total. The molecule has 3 unspecified atom stereocenters. The van der Waals surface area contributed by atoms with Crippen LogP contribution in [0.1, 0.15) is 67.0 Å². The molecule has 3 aromatic rings. The SMILES string of the molecule is Cc1nc(N2CCc3c(c(C)nn3CC34CCCC(C3)C(NC(=O)[C@@H]3CNCCO3)CC4)C2)c2c(n1)c(C)nn2C. The second-order valence-electron chi connectivity index (χ2n) is 12.9. The number of ether oxygens (including phenoxy) is 1. The van der Waals surface area contributed by atoms with E-state index in [1.807, 2.05) is 25.6 Å². The van der Waals surface area contributed by atoms with Crippen molar-refractivity contribution in [2.24, 2.45) is 18.4 Å². The van der Waals surface area contributed by atoms with Gasteiger partial charge < -0.3 is 20.3 Å². The van der Waals surface area contributed by atoms with E-state index in [4.69, 9.17) is 14.8 Å². The number of aryl methyl sites for hydroxylation is 4. The van der Waals surface area contributed by atoms with Gasteiger partial charge in [-0.25, -0.2) is 9.97 Å². The fourth-order valence-corrected chi connectivity index (χ4v) is 8.13. The maximum atomic E-state index is 12.9. The van der Waals surface area contributed by atoms with Crippen LogP contribution in [0.3, 0.4) is 0 Å². The van der Waals surface area contributed by atoms with Crippen molar-refractivity contribution in [1.29, 1.82) is 0 Å². The molecule has 0 radical (unpaired) electrons. The fraction of sp³-hybridized carbons (Fsp3) is 0.700. The Kier molecular flexibility index (Phi) is 6.77. The molecule has 41 heavy (non-hydrogen) atoms. The maximum absolute atomic E-state index is 12.9. The van der Waals surface area contributed by atoms with E-state index in [-0.39, 0.29) is 23.5 Å². The minimum atomic E-state index is -0.360. The Morgan fingerprint density at radius 1 is 1.15 bits per heavy atom. The summed E-state index contributed by atoms with van der Waals surface area (Å²) >= 11 is 0. The molecule has 4 atom stereocenters. The average Bonchev–Trinajstić information content (AvgIpc) is 3.43. The van der Waals surface area contributed by atoms with Crippen LogP contribution >= 0.6 is 0 Å². The van der Waals surface area contributed by atoms with Crippen molar-refractivity contribution in [3.8, 4) is 0 Å². The molecule has 7 rings (SSSR count). The van der Waals surface area contributed by atoms with E-state index in [0.29, 0.717) is 19.1 Å². The Hall–Kier alpha value is -3.05. The van der Waals surface area contributed by atoms with Gasteiger partial charge in [-0.1, -0.05) is 6.42 Å². The lowest BCUT2D eigenvalue weighted by Gasteiger charge is -2.49. The number of nitrogens with one attached hydrogen (secondary N) is 2. The largest absolute Gasteiger partial charge is 0.366 e. The molecular weight excluding hydrogens is 518 g/mol. The van der Waals surface area contributed by atoms with Gasteiger partial charge in [0, 0.05) is 63.5 Å². The lowest BCUT2D eigenvalue weighted by Crippen LogP contribution is -2.54. The lowest BCUT2D eigenvalue weighted by atomic mass is 9.60. The Bertz CT molecular complexity index is 1470. The quantitative estimate of drug-likeness (QED) is 0.488. The minimum Gasteiger partial charge on any atom is -0.366 e. The summed E-state index contributed by atoms with van der Waals surface area (Å²) in [5, 5.41) is 16.4. The Balaban J connectivity index is 1.08. The summed E-state index contributed by atoms with van der Waals surface area (Å²) in [6.45, 7) is 10.9. The number of morpholine rings is 1. The highest BCUT2D eigenvalue weighted by Gasteiger charge is 2.45. The van der Waals surface area contributed by atoms with E-state index >= 15 is 0 Å². The summed E-state index contributed by atoms with van der Waals surface area (Å²) < 4.78 is 9.97. The number of nitrogens with zero attached hydrogens (tertiary/aromatic N) is 7. The van der Waals surface area contributed by atoms with E-state index in [2.05, 4.69) is 37.2 Å². The van der Waals surface area contributed by atoms with Crippen LogP contribution in [-0.4, -0.2) is 73.8 Å². The molecule has 3 fully saturated rings. The molecular formula is C30H43N9O2. The molecule has 5 heterocycles. The van der Waals surface area contributed by atoms with Gasteiger partial charge in [-0.05, 0) is 64.2 Å². The van der Waals surface area contributed by atoms with Gasteiger partial charge in [-0.3, -0.25) is 14.2 Å². The Morgan fingerprint density at radius 2 is 2.02 bits per heavy atom. The fourth-order valence-electron chi connectivity index (χ4n) is 8.13. The third kappa shape index (κ3) is 4.80. The van der Waals surface area contributed by atoms with Gasteiger partial charge >= 0.3 is 0 Å². The van der Waals surface area contributed by atoms with Crippen LogP contribution in [0.5, 0.6) is 0 Å². The number of anilines is 1. The molecule has 11 nitrogen and oxygen atoms in total. The van der Waals surface area contributed by atoms with Crippen molar-refractivity contribution in [3.05, 3.63) is 28.5 Å². The molecule has 0 aromatic carbocycles. The standard InChI is InChI=1S/C30H43N9O2/c1-18-22-16-38(28-27-26(32-20(3)33-28)19(2)35-37(27)4)12-8-24(22)39(36-18)17-30-9-5-6-21(14-30)23(7-10-30)34-29(40)25-15-31-11-13-41-25/h21,23,25,31H,5-17H2,1-4H3,(H,34,40)/t21?,23?,25-,30?/m0/s1. The molecule has 1 saturated heterocycles. The topological polar surface area (TPSA) is 115 Å². The zero-order chi connectivity index (χ0) is 28.3. The predicted octanol–water partition coefficient (Wildman–Crippen LogP) is 2.49. The monoisotopic (exact) mass is 561 g/mol. The third-order valence-electron chi connectivity index (χ3n) is 10.1. The van der Waals surface area contributed by atoms with Crippen LogP contribution in [0.2, 0.25) is 0 Å². The second kappa shape index (κ2) is 10.3. The predicted molar refractivity (Wildman–Crippen MR) is 156 cm³/mol. The lowest BCUT2D eigenvalue weighted by molar-refractivity contribution is -0.136. The number of carbonyl (C=O) groups is 1. The zero-order valence-electron chi connectivity index (χ0n) is 24.9. The molecule has 3 aromatic heterocycles. The molecule has 2 saturated carbocycles. The number of rotatable bonds is 5. The third-order valence-corrected chi connectivity index (χ3v) is 10.1. The van der Waals surface area contributed by atoms with E-state index < -0.39 is 0 Å². The average molecular weight is 562 g/mol. The van der Waals surface area contributed by atoms with Gasteiger partial charge in [-0.2, -0.15) is 10.2 Å². The highest BCUT2D eigenvalue weighted by molar-refractivity contribution is 5.88. The molecule has 2 aliphatic carbocycles. The number of hydrogen-bond donors (Lipinski definition) is 2. The molecule has 220 valence electrons. The highest BCUT2D eigenvalue weighted by Crippen LogP contribution is 2.50. The minimum absolute atomic E-state index is 0.0547. The summed E-state index contributed by atoms with van der Waals surface area (Å²) in [4.78, 5) is 24.8. The number of aromatic nitrogens is 6. The van der Waals surface area contributed by atoms with Gasteiger partial charge in [0.25, 0.3) is 5.91 Å². The van der Waals surface area contributed by atoms with E-state index in [9.17, 15) is 4.79 Å². The van der Waals surface area contributed by atoms with Crippen LogP contribution in [0, 0.1) is 32.1 Å². The van der Waals surface area contributed by atoms with Crippen molar-refractivity contribution < 1.29 is 9.53 Å². The Labute approximate surface area is 241 Å². The second-order valence-corrected chi connectivity index (χ2v) is 12.9. The van der Waals surface area contributed by atoms with Crippen molar-refractivity contribution in [2.75, 3.05) is 31.1 Å². The smallest absolute Gasteiger partial charge is 0.250 e. The normalized spacial score (nSPS) is 28.1. The van der Waals surface area contributed by atoms with Crippen LogP contribution in [0.25, 0.3) is 11.0 Å². The Morgan fingerprint density at radius 3 is 2.85 bits per heavy atom. The summed E-state index contributed by atoms with van der Waals surface area (Å²) in [7, 11) is 1.98. The summed E-state index contributed by atoms with van der Waals surface area (Å²) in [5.41, 5.74) is 6.99. The molecule has 0 spiro atoms. The van der Waals surface area contributed by atoms with E-state index in [0.717, 1.165) is 79.5 Å². The van der Waals surface area contributed by atoms with Crippen LogP contribution < -0.4 is 15.5 Å². The van der Waals surface area contributed by atoms with Gasteiger partial charge in [-0.15, -0.1) is 0 Å². The summed E-state index contributed by atoms with van der Waals surface area (Å²) in [5.74, 6) is 2.34. The van der Waals surface area contributed by atoms with Gasteiger partial charge in [0.1, 0.15) is 23.0 Å². The zero-order valence-corrected chi connectivity index (χ0v) is 24.9. The van der Waals surface area contributed by atoms with Crippen LogP contribution in [0.4, 0.5) is 5.82 Å². The first-order valence-corrected chi connectivity index (χ1v) is 15.4. The van der Waals surface area contributed by atoms with E-state index in [1.165, 1.54) is 36.9 Å².